The van der Waals surface area contributed by atoms with Crippen molar-refractivity contribution in [3.8, 4) is 0 Å². The van der Waals surface area contributed by atoms with Crippen molar-refractivity contribution in [1.29, 1.82) is 0 Å². The number of benzene rings is 1. The topological polar surface area (TPSA) is 97.3 Å². The van der Waals surface area contributed by atoms with Crippen LogP contribution in [0, 0.1) is 13.8 Å². The molecule has 0 bridgehead atoms. The Morgan fingerprint density at radius 2 is 2.00 bits per heavy atom. The Labute approximate surface area is 168 Å². The van der Waals surface area contributed by atoms with Crippen LogP contribution in [0.4, 0.5) is 11.5 Å². The molecule has 2 N–H and O–H groups in total. The van der Waals surface area contributed by atoms with E-state index in [-0.39, 0.29) is 5.91 Å². The third-order valence-corrected chi connectivity index (χ3v) is 4.72. The summed E-state index contributed by atoms with van der Waals surface area (Å²) in [5.41, 5.74) is 3.77. The summed E-state index contributed by atoms with van der Waals surface area (Å²) in [6.45, 7) is 4.60. The van der Waals surface area contributed by atoms with Crippen LogP contribution in [0.5, 0.6) is 0 Å². The highest BCUT2D eigenvalue weighted by atomic mass is 16.3. The lowest BCUT2D eigenvalue weighted by molar-refractivity contribution is -0.116. The average molecular weight is 390 g/mol. The number of hydrogen-bond donors (Lipinski definition) is 2. The summed E-state index contributed by atoms with van der Waals surface area (Å²) in [7, 11) is 0. The van der Waals surface area contributed by atoms with Crippen molar-refractivity contribution in [2.75, 3.05) is 10.6 Å². The van der Waals surface area contributed by atoms with Crippen LogP contribution in [-0.4, -0.2) is 25.7 Å². The number of carbonyl (C=O) groups excluding carboxylic acids is 1. The maximum absolute atomic E-state index is 12.3. The standard InChI is InChI=1S/C21H22N6O2/c1-14-5-6-16(12-15(14)2)23-21(28)10-9-20-25-24-19-8-7-18(26-27(19)20)22-13-17-4-3-11-29-17/h3-8,11-12H,9-10,13H2,1-2H3,(H,22,26)(H,23,28). The molecule has 1 aromatic carbocycles. The fourth-order valence-corrected chi connectivity index (χ4v) is 2.94. The van der Waals surface area contributed by atoms with Crippen molar-refractivity contribution in [3.05, 3.63) is 71.4 Å². The van der Waals surface area contributed by atoms with Crippen molar-refractivity contribution in [2.24, 2.45) is 0 Å². The van der Waals surface area contributed by atoms with E-state index in [1.54, 1.807) is 10.8 Å². The first-order valence-electron chi connectivity index (χ1n) is 9.43. The van der Waals surface area contributed by atoms with Crippen LogP contribution >= 0.6 is 0 Å². The Morgan fingerprint density at radius 1 is 1.10 bits per heavy atom. The number of hydrogen-bond acceptors (Lipinski definition) is 6. The van der Waals surface area contributed by atoms with E-state index >= 15 is 0 Å². The molecule has 1 amide bonds. The molecule has 148 valence electrons. The molecular weight excluding hydrogens is 368 g/mol. The third-order valence-electron chi connectivity index (χ3n) is 4.72. The number of nitrogens with one attached hydrogen (secondary N) is 2. The van der Waals surface area contributed by atoms with E-state index < -0.39 is 0 Å². The highest BCUT2D eigenvalue weighted by Crippen LogP contribution is 2.15. The summed E-state index contributed by atoms with van der Waals surface area (Å²) in [5.74, 6) is 2.06. The Bertz CT molecular complexity index is 1130. The molecule has 3 aromatic heterocycles. The number of aromatic nitrogens is 4. The summed E-state index contributed by atoms with van der Waals surface area (Å²) < 4.78 is 6.97. The zero-order chi connectivity index (χ0) is 20.2. The molecule has 0 aliphatic rings. The molecule has 0 radical (unpaired) electrons. The summed E-state index contributed by atoms with van der Waals surface area (Å²) in [6, 6.07) is 13.3. The van der Waals surface area contributed by atoms with Crippen LogP contribution in [0.15, 0.2) is 53.1 Å². The van der Waals surface area contributed by atoms with E-state index in [0.717, 1.165) is 17.0 Å². The normalized spacial score (nSPS) is 11.0. The van der Waals surface area contributed by atoms with Gasteiger partial charge in [-0.05, 0) is 61.4 Å². The van der Waals surface area contributed by atoms with Crippen LogP contribution in [0.25, 0.3) is 5.65 Å². The van der Waals surface area contributed by atoms with E-state index in [1.807, 2.05) is 56.3 Å². The van der Waals surface area contributed by atoms with Crippen molar-refractivity contribution in [3.63, 3.8) is 0 Å². The molecule has 0 saturated carbocycles. The summed E-state index contributed by atoms with van der Waals surface area (Å²) >= 11 is 0. The Balaban J connectivity index is 1.39. The van der Waals surface area contributed by atoms with Gasteiger partial charge in [-0.25, -0.2) is 0 Å². The summed E-state index contributed by atoms with van der Waals surface area (Å²) in [4.78, 5) is 12.3. The second-order valence-corrected chi connectivity index (χ2v) is 6.88. The van der Waals surface area contributed by atoms with Crippen LogP contribution in [0.1, 0.15) is 29.1 Å². The fourth-order valence-electron chi connectivity index (χ4n) is 2.94. The van der Waals surface area contributed by atoms with E-state index in [9.17, 15) is 4.79 Å². The summed E-state index contributed by atoms with van der Waals surface area (Å²) in [5, 5.41) is 19.0. The largest absolute Gasteiger partial charge is 0.467 e. The van der Waals surface area contributed by atoms with Crippen molar-refractivity contribution >= 4 is 23.1 Å². The quantitative estimate of drug-likeness (QED) is 0.501. The summed E-state index contributed by atoms with van der Waals surface area (Å²) in [6.07, 6.45) is 2.36. The fraction of sp³-hybridized carbons (Fsp3) is 0.238. The molecule has 0 fully saturated rings. The van der Waals surface area contributed by atoms with Gasteiger partial charge < -0.3 is 15.1 Å². The van der Waals surface area contributed by atoms with Gasteiger partial charge in [0.1, 0.15) is 11.6 Å². The minimum Gasteiger partial charge on any atom is -0.467 e. The zero-order valence-electron chi connectivity index (χ0n) is 16.3. The van der Waals surface area contributed by atoms with Crippen LogP contribution < -0.4 is 10.6 Å². The van der Waals surface area contributed by atoms with E-state index in [1.165, 1.54) is 5.56 Å². The number of carbonyl (C=O) groups is 1. The molecule has 29 heavy (non-hydrogen) atoms. The van der Waals surface area contributed by atoms with Crippen LogP contribution in [0.3, 0.4) is 0 Å². The maximum atomic E-state index is 12.3. The molecule has 0 atom stereocenters. The van der Waals surface area contributed by atoms with Gasteiger partial charge in [-0.3, -0.25) is 4.79 Å². The molecule has 4 aromatic rings. The first-order chi connectivity index (χ1) is 14.1. The van der Waals surface area contributed by atoms with E-state index in [0.29, 0.717) is 36.7 Å². The Hall–Kier alpha value is -3.68. The van der Waals surface area contributed by atoms with Gasteiger partial charge in [0.15, 0.2) is 11.5 Å². The lowest BCUT2D eigenvalue weighted by Gasteiger charge is -2.07. The molecule has 0 unspecified atom stereocenters. The molecule has 8 nitrogen and oxygen atoms in total. The van der Waals surface area contributed by atoms with E-state index in [2.05, 4.69) is 25.9 Å². The van der Waals surface area contributed by atoms with Crippen LogP contribution in [0.2, 0.25) is 0 Å². The number of amides is 1. The minimum atomic E-state index is -0.0721. The molecule has 0 aliphatic heterocycles. The number of anilines is 2. The van der Waals surface area contributed by atoms with Gasteiger partial charge in [0.25, 0.3) is 0 Å². The molecular formula is C21H22N6O2. The highest BCUT2D eigenvalue weighted by Gasteiger charge is 2.11. The number of furan rings is 1. The third kappa shape index (κ3) is 4.43. The van der Waals surface area contributed by atoms with Gasteiger partial charge in [0.05, 0.1) is 12.8 Å². The molecule has 3 heterocycles. The minimum absolute atomic E-state index is 0.0721. The zero-order valence-corrected chi connectivity index (χ0v) is 16.3. The SMILES string of the molecule is Cc1ccc(NC(=O)CCc2nnc3ccc(NCc4ccco4)nn23)cc1C. The number of nitrogens with zero attached hydrogens (tertiary/aromatic N) is 4. The van der Waals surface area contributed by atoms with Crippen molar-refractivity contribution < 1.29 is 9.21 Å². The molecule has 0 saturated heterocycles. The number of aryl methyl sites for hydroxylation is 3. The maximum Gasteiger partial charge on any atom is 0.224 e. The van der Waals surface area contributed by atoms with Crippen molar-refractivity contribution in [2.45, 2.75) is 33.2 Å². The number of rotatable bonds is 7. The van der Waals surface area contributed by atoms with Gasteiger partial charge in [0, 0.05) is 18.5 Å². The lowest BCUT2D eigenvalue weighted by atomic mass is 10.1. The van der Waals surface area contributed by atoms with Crippen molar-refractivity contribution in [1.82, 2.24) is 19.8 Å². The van der Waals surface area contributed by atoms with E-state index in [4.69, 9.17) is 4.42 Å². The molecule has 0 aliphatic carbocycles. The van der Waals surface area contributed by atoms with Gasteiger partial charge in [-0.2, -0.15) is 4.52 Å². The molecule has 8 heteroatoms. The van der Waals surface area contributed by atoms with Crippen LogP contribution in [-0.2, 0) is 17.8 Å². The highest BCUT2D eigenvalue weighted by molar-refractivity contribution is 5.90. The Morgan fingerprint density at radius 3 is 2.79 bits per heavy atom. The predicted molar refractivity (Wildman–Crippen MR) is 110 cm³/mol. The number of fused-ring (bicyclic) bond motifs is 1. The van der Waals surface area contributed by atoms with Gasteiger partial charge in [-0.1, -0.05) is 6.07 Å². The predicted octanol–water partition coefficient (Wildman–Crippen LogP) is 3.52. The first kappa shape index (κ1) is 18.7. The smallest absolute Gasteiger partial charge is 0.224 e. The molecule has 0 spiro atoms. The second-order valence-electron chi connectivity index (χ2n) is 6.88. The second kappa shape index (κ2) is 8.14. The average Bonchev–Trinajstić information content (AvgIpc) is 3.37. The first-order valence-corrected chi connectivity index (χ1v) is 9.43. The molecule has 4 rings (SSSR count). The monoisotopic (exact) mass is 390 g/mol. The van der Waals surface area contributed by atoms with Gasteiger partial charge >= 0.3 is 0 Å². The van der Waals surface area contributed by atoms with Gasteiger partial charge in [-0.15, -0.1) is 15.3 Å². The lowest BCUT2D eigenvalue weighted by Crippen LogP contribution is -2.14. The Kier molecular flexibility index (Phi) is 5.24. The van der Waals surface area contributed by atoms with Gasteiger partial charge in [0.2, 0.25) is 5.91 Å².